The Balaban J connectivity index is 1.77. The summed E-state index contributed by atoms with van der Waals surface area (Å²) in [5.74, 6) is 1.57. The summed E-state index contributed by atoms with van der Waals surface area (Å²) < 4.78 is 6.97. The second kappa shape index (κ2) is 4.98. The van der Waals surface area contributed by atoms with Crippen molar-refractivity contribution < 1.29 is 4.74 Å². The minimum Gasteiger partial charge on any atom is -0.481 e. The van der Waals surface area contributed by atoms with E-state index >= 15 is 0 Å². The molecule has 3 aromatic rings. The maximum atomic E-state index is 5.10. The number of hydrogen-bond acceptors (Lipinski definition) is 5. The van der Waals surface area contributed by atoms with E-state index in [1.807, 2.05) is 35.0 Å². The van der Waals surface area contributed by atoms with Gasteiger partial charge in [0, 0.05) is 30.9 Å². The molecule has 22 heavy (non-hydrogen) atoms. The average molecular weight is 295 g/mol. The van der Waals surface area contributed by atoms with Crippen LogP contribution in [0.15, 0.2) is 36.7 Å². The van der Waals surface area contributed by atoms with Crippen LogP contribution < -0.4 is 9.64 Å². The number of anilines is 1. The first-order valence-electron chi connectivity index (χ1n) is 7.34. The fraction of sp³-hybridized carbons (Fsp3) is 0.312. The van der Waals surface area contributed by atoms with Gasteiger partial charge in [-0.15, -0.1) is 5.10 Å². The summed E-state index contributed by atoms with van der Waals surface area (Å²) in [5, 5.41) is 4.74. The molecule has 1 aliphatic carbocycles. The number of nitrogens with zero attached hydrogens (tertiary/aromatic N) is 5. The van der Waals surface area contributed by atoms with E-state index in [1.165, 1.54) is 12.8 Å². The molecule has 0 atom stereocenters. The zero-order valence-corrected chi connectivity index (χ0v) is 12.6. The third kappa shape index (κ3) is 2.16. The molecule has 0 amide bonds. The summed E-state index contributed by atoms with van der Waals surface area (Å²) in [7, 11) is 3.70. The molecule has 6 heteroatoms. The third-order valence-corrected chi connectivity index (χ3v) is 4.05. The highest BCUT2D eigenvalue weighted by Gasteiger charge is 2.27. The fourth-order valence-corrected chi connectivity index (χ4v) is 2.55. The Morgan fingerprint density at radius 3 is 2.68 bits per heavy atom. The molecule has 0 saturated heterocycles. The highest BCUT2D eigenvalue weighted by molar-refractivity contribution is 5.63. The molecule has 0 aliphatic heterocycles. The van der Waals surface area contributed by atoms with Gasteiger partial charge in [-0.25, -0.2) is 14.5 Å². The van der Waals surface area contributed by atoms with Crippen LogP contribution in [0.4, 0.5) is 5.82 Å². The number of aromatic nitrogens is 4. The van der Waals surface area contributed by atoms with Crippen molar-refractivity contribution in [1.29, 1.82) is 0 Å². The molecule has 0 unspecified atom stereocenters. The normalized spacial score (nSPS) is 14.3. The van der Waals surface area contributed by atoms with E-state index in [4.69, 9.17) is 9.84 Å². The fourth-order valence-electron chi connectivity index (χ4n) is 2.55. The first kappa shape index (κ1) is 13.1. The first-order valence-corrected chi connectivity index (χ1v) is 7.34. The second-order valence-electron chi connectivity index (χ2n) is 5.54. The summed E-state index contributed by atoms with van der Waals surface area (Å²) in [4.78, 5) is 10.9. The van der Waals surface area contributed by atoms with Gasteiger partial charge in [-0.05, 0) is 31.0 Å². The monoisotopic (exact) mass is 295 g/mol. The highest BCUT2D eigenvalue weighted by Crippen LogP contribution is 2.29. The van der Waals surface area contributed by atoms with Crippen molar-refractivity contribution in [3.05, 3.63) is 36.7 Å². The van der Waals surface area contributed by atoms with Crippen LogP contribution in [-0.2, 0) is 0 Å². The molecule has 0 bridgehead atoms. The summed E-state index contributed by atoms with van der Waals surface area (Å²) in [6.45, 7) is 0. The molecule has 0 N–H and O–H groups in total. The first-order chi connectivity index (χ1) is 10.8. The molecule has 0 radical (unpaired) electrons. The lowest BCUT2D eigenvalue weighted by atomic mass is 10.2. The number of rotatable bonds is 4. The van der Waals surface area contributed by atoms with E-state index in [1.54, 1.807) is 13.3 Å². The Morgan fingerprint density at radius 1 is 1.14 bits per heavy atom. The van der Waals surface area contributed by atoms with E-state index in [2.05, 4.69) is 21.9 Å². The van der Waals surface area contributed by atoms with Gasteiger partial charge < -0.3 is 9.64 Å². The van der Waals surface area contributed by atoms with Gasteiger partial charge in [0.25, 0.3) is 0 Å². The number of methoxy groups -OCH3 is 1. The minimum absolute atomic E-state index is 0.597. The quantitative estimate of drug-likeness (QED) is 0.740. The molecule has 112 valence electrons. The van der Waals surface area contributed by atoms with Crippen molar-refractivity contribution in [1.82, 2.24) is 19.6 Å². The zero-order valence-electron chi connectivity index (χ0n) is 12.6. The van der Waals surface area contributed by atoms with Crippen LogP contribution in [-0.4, -0.2) is 39.8 Å². The second-order valence-corrected chi connectivity index (χ2v) is 5.54. The average Bonchev–Trinajstić information content (AvgIpc) is 3.33. The van der Waals surface area contributed by atoms with Gasteiger partial charge in [-0.3, -0.25) is 0 Å². The van der Waals surface area contributed by atoms with Crippen molar-refractivity contribution in [2.45, 2.75) is 18.9 Å². The lowest BCUT2D eigenvalue weighted by Gasteiger charge is -2.17. The van der Waals surface area contributed by atoms with Gasteiger partial charge in [0.15, 0.2) is 5.65 Å². The predicted molar refractivity (Wildman–Crippen MR) is 84.2 cm³/mol. The van der Waals surface area contributed by atoms with E-state index in [0.29, 0.717) is 11.9 Å². The smallest absolute Gasteiger partial charge is 0.212 e. The van der Waals surface area contributed by atoms with Crippen LogP contribution in [0.3, 0.4) is 0 Å². The van der Waals surface area contributed by atoms with Crippen LogP contribution in [0.25, 0.3) is 16.9 Å². The van der Waals surface area contributed by atoms with Crippen LogP contribution in [0, 0.1) is 0 Å². The molecule has 4 rings (SSSR count). The standard InChI is InChI=1S/C16H17N5O/c1-20(12-4-5-12)15-7-6-14-17-10-13(21(14)19-15)11-3-8-16(22-2)18-9-11/h3,6-10,12H,4-5H2,1-2H3. The molecular weight excluding hydrogens is 278 g/mol. The summed E-state index contributed by atoms with van der Waals surface area (Å²) in [6.07, 6.45) is 6.10. The number of ether oxygens (including phenoxy) is 1. The van der Waals surface area contributed by atoms with Gasteiger partial charge in [0.1, 0.15) is 5.82 Å². The van der Waals surface area contributed by atoms with Crippen molar-refractivity contribution in [2.75, 3.05) is 19.1 Å². The molecule has 0 spiro atoms. The van der Waals surface area contributed by atoms with Crippen LogP contribution in [0.2, 0.25) is 0 Å². The predicted octanol–water partition coefficient (Wildman–Crippen LogP) is 2.40. The Hall–Kier alpha value is -2.63. The molecule has 1 saturated carbocycles. The maximum absolute atomic E-state index is 5.10. The maximum Gasteiger partial charge on any atom is 0.212 e. The number of pyridine rings is 1. The Bertz CT molecular complexity index is 807. The number of imidazole rings is 1. The van der Waals surface area contributed by atoms with E-state index < -0.39 is 0 Å². The van der Waals surface area contributed by atoms with Crippen LogP contribution >= 0.6 is 0 Å². The summed E-state index contributed by atoms with van der Waals surface area (Å²) >= 11 is 0. The van der Waals surface area contributed by atoms with E-state index in [0.717, 1.165) is 22.7 Å². The zero-order chi connectivity index (χ0) is 15.1. The van der Waals surface area contributed by atoms with Gasteiger partial charge in [-0.1, -0.05) is 0 Å². The molecule has 0 aromatic carbocycles. The van der Waals surface area contributed by atoms with Crippen molar-refractivity contribution >= 4 is 11.5 Å². The van der Waals surface area contributed by atoms with Crippen LogP contribution in [0.1, 0.15) is 12.8 Å². The lowest BCUT2D eigenvalue weighted by Crippen LogP contribution is -2.21. The molecule has 3 aromatic heterocycles. The van der Waals surface area contributed by atoms with Crippen molar-refractivity contribution in [3.63, 3.8) is 0 Å². The number of fused-ring (bicyclic) bond motifs is 1. The van der Waals surface area contributed by atoms with Gasteiger partial charge in [0.05, 0.1) is 19.0 Å². The van der Waals surface area contributed by atoms with Gasteiger partial charge in [-0.2, -0.15) is 0 Å². The Labute approximate surface area is 128 Å². The topological polar surface area (TPSA) is 55.5 Å². The number of hydrogen-bond donors (Lipinski definition) is 0. The van der Waals surface area contributed by atoms with E-state index in [9.17, 15) is 0 Å². The molecule has 1 fully saturated rings. The molecule has 3 heterocycles. The Morgan fingerprint density at radius 2 is 2.00 bits per heavy atom. The van der Waals surface area contributed by atoms with Gasteiger partial charge >= 0.3 is 0 Å². The van der Waals surface area contributed by atoms with Crippen molar-refractivity contribution in [2.24, 2.45) is 0 Å². The largest absolute Gasteiger partial charge is 0.481 e. The summed E-state index contributed by atoms with van der Waals surface area (Å²) in [5.41, 5.74) is 2.72. The minimum atomic E-state index is 0.597. The molecule has 1 aliphatic rings. The Kier molecular flexibility index (Phi) is 2.96. The third-order valence-electron chi connectivity index (χ3n) is 4.05. The van der Waals surface area contributed by atoms with Crippen molar-refractivity contribution in [3.8, 4) is 17.1 Å². The summed E-state index contributed by atoms with van der Waals surface area (Å²) in [6, 6.07) is 8.46. The molecule has 6 nitrogen and oxygen atoms in total. The highest BCUT2D eigenvalue weighted by atomic mass is 16.5. The van der Waals surface area contributed by atoms with E-state index in [-0.39, 0.29) is 0 Å². The SMILES string of the molecule is COc1ccc(-c2cnc3ccc(N(C)C4CC4)nn23)cn1. The van der Waals surface area contributed by atoms with Gasteiger partial charge in [0.2, 0.25) is 5.88 Å². The molecular formula is C16H17N5O. The lowest BCUT2D eigenvalue weighted by molar-refractivity contribution is 0.398. The van der Waals surface area contributed by atoms with Crippen LogP contribution in [0.5, 0.6) is 5.88 Å².